The molecule has 0 bridgehead atoms. The number of phenols is 1. The molecule has 0 aromatic heterocycles. The van der Waals surface area contributed by atoms with Crippen molar-refractivity contribution in [2.75, 3.05) is 0 Å². The second-order valence-electron chi connectivity index (χ2n) is 7.65. The van der Waals surface area contributed by atoms with Crippen LogP contribution in [-0.2, 0) is 5.41 Å². The monoisotopic (exact) mass is 372 g/mol. The maximum absolute atomic E-state index is 11.4. The lowest BCUT2D eigenvalue weighted by molar-refractivity contribution is 0.0693. The molecular formula is C22H28O5. The molecule has 2 aromatic carbocycles. The first kappa shape index (κ1) is 20.6. The van der Waals surface area contributed by atoms with Crippen LogP contribution in [0.3, 0.4) is 0 Å². The van der Waals surface area contributed by atoms with Gasteiger partial charge in [0.05, 0.1) is 12.2 Å². The van der Waals surface area contributed by atoms with E-state index in [0.717, 1.165) is 16.9 Å². The summed E-state index contributed by atoms with van der Waals surface area (Å²) in [6.07, 6.45) is 0.0224. The molecule has 0 radical (unpaired) electrons. The Bertz CT molecular complexity index is 821. The summed E-state index contributed by atoms with van der Waals surface area (Å²) in [5, 5.41) is 19.1. The highest BCUT2D eigenvalue weighted by molar-refractivity contribution is 5.91. The van der Waals surface area contributed by atoms with Gasteiger partial charge in [-0.25, -0.2) is 4.79 Å². The first-order valence-electron chi connectivity index (χ1n) is 9.07. The maximum Gasteiger partial charge on any atom is 0.339 e. The Morgan fingerprint density at radius 2 is 1.59 bits per heavy atom. The van der Waals surface area contributed by atoms with E-state index in [9.17, 15) is 15.0 Å². The van der Waals surface area contributed by atoms with Crippen LogP contribution < -0.4 is 9.47 Å². The third-order valence-corrected chi connectivity index (χ3v) is 4.31. The zero-order chi connectivity index (χ0) is 20.4. The van der Waals surface area contributed by atoms with Gasteiger partial charge in [0.1, 0.15) is 22.8 Å². The number of carboxylic acids is 1. The van der Waals surface area contributed by atoms with Crippen LogP contribution in [0, 0.1) is 0 Å². The topological polar surface area (TPSA) is 76.0 Å². The number of aromatic carboxylic acids is 1. The van der Waals surface area contributed by atoms with Crippen molar-refractivity contribution in [1.29, 1.82) is 0 Å². The minimum atomic E-state index is -1.16. The average Bonchev–Trinajstić information content (AvgIpc) is 2.53. The Hall–Kier alpha value is -2.69. The highest BCUT2D eigenvalue weighted by atomic mass is 16.5. The maximum atomic E-state index is 11.4. The number of hydrogen-bond donors (Lipinski definition) is 2. The van der Waals surface area contributed by atoms with Crippen molar-refractivity contribution in [3.63, 3.8) is 0 Å². The second kappa shape index (κ2) is 7.91. The lowest BCUT2D eigenvalue weighted by Crippen LogP contribution is -2.22. The summed E-state index contributed by atoms with van der Waals surface area (Å²) in [6.45, 7) is 11.8. The van der Waals surface area contributed by atoms with Gasteiger partial charge in [-0.3, -0.25) is 0 Å². The molecule has 5 nitrogen and oxygen atoms in total. The molecule has 0 aliphatic carbocycles. The van der Waals surface area contributed by atoms with Crippen molar-refractivity contribution in [3.05, 3.63) is 53.1 Å². The van der Waals surface area contributed by atoms with Crippen molar-refractivity contribution in [2.24, 2.45) is 0 Å². The number of rotatable bonds is 7. The number of carbonyl (C=O) groups is 1. The molecule has 0 aliphatic heterocycles. The van der Waals surface area contributed by atoms with Crippen LogP contribution in [-0.4, -0.2) is 28.4 Å². The number of ether oxygens (including phenoxy) is 2. The quantitative estimate of drug-likeness (QED) is 0.716. The first-order valence-corrected chi connectivity index (χ1v) is 9.07. The molecule has 0 saturated heterocycles. The standard InChI is InChI=1S/C22H28O5/c1-13(2)26-16-8-9-18(20(12-16)27-14(3)4)22(5,6)15-7-10-19(23)17(11-15)21(24)25/h7-14,23H,1-6H3,(H,24,25). The lowest BCUT2D eigenvalue weighted by Gasteiger charge is -2.30. The molecule has 146 valence electrons. The summed E-state index contributed by atoms with van der Waals surface area (Å²) < 4.78 is 11.8. The van der Waals surface area contributed by atoms with Crippen molar-refractivity contribution >= 4 is 5.97 Å². The second-order valence-corrected chi connectivity index (χ2v) is 7.65. The summed E-state index contributed by atoms with van der Waals surface area (Å²) in [6, 6.07) is 10.4. The van der Waals surface area contributed by atoms with E-state index < -0.39 is 11.4 Å². The summed E-state index contributed by atoms with van der Waals surface area (Å²) in [4.78, 5) is 11.4. The van der Waals surface area contributed by atoms with E-state index in [0.29, 0.717) is 5.75 Å². The zero-order valence-electron chi connectivity index (χ0n) is 16.7. The van der Waals surface area contributed by atoms with Crippen LogP contribution in [0.15, 0.2) is 36.4 Å². The smallest absolute Gasteiger partial charge is 0.339 e. The summed E-state index contributed by atoms with van der Waals surface area (Å²) >= 11 is 0. The van der Waals surface area contributed by atoms with Gasteiger partial charge in [0.15, 0.2) is 0 Å². The summed E-state index contributed by atoms with van der Waals surface area (Å²) in [5.74, 6) is 0.00102. The van der Waals surface area contributed by atoms with Gasteiger partial charge in [-0.2, -0.15) is 0 Å². The third kappa shape index (κ3) is 4.73. The molecule has 0 unspecified atom stereocenters. The molecule has 2 rings (SSSR count). The summed E-state index contributed by atoms with van der Waals surface area (Å²) in [5.41, 5.74) is 1.02. The van der Waals surface area contributed by atoms with Crippen LogP contribution >= 0.6 is 0 Å². The molecule has 0 heterocycles. The highest BCUT2D eigenvalue weighted by Crippen LogP contribution is 2.40. The Morgan fingerprint density at radius 1 is 0.963 bits per heavy atom. The summed E-state index contributed by atoms with van der Waals surface area (Å²) in [7, 11) is 0. The number of aromatic hydroxyl groups is 1. The van der Waals surface area contributed by atoms with E-state index in [1.165, 1.54) is 12.1 Å². The SMILES string of the molecule is CC(C)Oc1ccc(C(C)(C)c2ccc(O)c(C(=O)O)c2)c(OC(C)C)c1. The molecule has 27 heavy (non-hydrogen) atoms. The number of carboxylic acid groups (broad SMARTS) is 1. The van der Waals surface area contributed by atoms with E-state index in [2.05, 4.69) is 0 Å². The molecule has 0 fully saturated rings. The van der Waals surface area contributed by atoms with Crippen molar-refractivity contribution in [2.45, 2.75) is 59.2 Å². The molecule has 0 spiro atoms. The van der Waals surface area contributed by atoms with Crippen molar-refractivity contribution < 1.29 is 24.5 Å². The fourth-order valence-electron chi connectivity index (χ4n) is 2.97. The van der Waals surface area contributed by atoms with Crippen LogP contribution in [0.1, 0.15) is 63.0 Å². The number of hydrogen-bond acceptors (Lipinski definition) is 4. The highest BCUT2D eigenvalue weighted by Gasteiger charge is 2.29. The molecule has 0 atom stereocenters. The Balaban J connectivity index is 2.56. The Morgan fingerprint density at radius 3 is 2.15 bits per heavy atom. The van der Waals surface area contributed by atoms with E-state index in [1.54, 1.807) is 6.07 Å². The van der Waals surface area contributed by atoms with Gasteiger partial charge in [-0.05, 0) is 51.5 Å². The van der Waals surface area contributed by atoms with E-state index >= 15 is 0 Å². The van der Waals surface area contributed by atoms with Gasteiger partial charge in [-0.1, -0.05) is 26.0 Å². The van der Waals surface area contributed by atoms with E-state index in [4.69, 9.17) is 9.47 Å². The van der Waals surface area contributed by atoms with Crippen LogP contribution in [0.4, 0.5) is 0 Å². The zero-order valence-corrected chi connectivity index (χ0v) is 16.7. The van der Waals surface area contributed by atoms with Gasteiger partial charge >= 0.3 is 5.97 Å². The van der Waals surface area contributed by atoms with E-state index in [-0.39, 0.29) is 23.5 Å². The molecule has 2 N–H and O–H groups in total. The predicted molar refractivity (Wildman–Crippen MR) is 105 cm³/mol. The fourth-order valence-corrected chi connectivity index (χ4v) is 2.97. The average molecular weight is 372 g/mol. The van der Waals surface area contributed by atoms with Crippen molar-refractivity contribution in [3.8, 4) is 17.2 Å². The van der Waals surface area contributed by atoms with Gasteiger partial charge in [0.25, 0.3) is 0 Å². The van der Waals surface area contributed by atoms with Gasteiger partial charge in [0, 0.05) is 17.0 Å². The molecule has 2 aromatic rings. The molecule has 0 saturated carbocycles. The van der Waals surface area contributed by atoms with Gasteiger partial charge in [-0.15, -0.1) is 0 Å². The van der Waals surface area contributed by atoms with Crippen LogP contribution in [0.5, 0.6) is 17.2 Å². The van der Waals surface area contributed by atoms with Crippen molar-refractivity contribution in [1.82, 2.24) is 0 Å². The largest absolute Gasteiger partial charge is 0.507 e. The molecule has 0 amide bonds. The molecule has 0 aliphatic rings. The van der Waals surface area contributed by atoms with Gasteiger partial charge < -0.3 is 19.7 Å². The predicted octanol–water partition coefficient (Wildman–Crippen LogP) is 4.99. The van der Waals surface area contributed by atoms with Gasteiger partial charge in [0.2, 0.25) is 0 Å². The third-order valence-electron chi connectivity index (χ3n) is 4.31. The minimum Gasteiger partial charge on any atom is -0.507 e. The normalized spacial score (nSPS) is 11.7. The van der Waals surface area contributed by atoms with Crippen LogP contribution in [0.2, 0.25) is 0 Å². The number of benzene rings is 2. The minimum absolute atomic E-state index is 0.0248. The lowest BCUT2D eigenvalue weighted by atomic mass is 9.77. The van der Waals surface area contributed by atoms with E-state index in [1.807, 2.05) is 59.7 Å². The van der Waals surface area contributed by atoms with Crippen LogP contribution in [0.25, 0.3) is 0 Å². The Kier molecular flexibility index (Phi) is 6.04. The first-order chi connectivity index (χ1) is 12.5. The Labute approximate surface area is 160 Å². The molecule has 5 heteroatoms. The molecular weight excluding hydrogens is 344 g/mol. The fraction of sp³-hybridized carbons (Fsp3) is 0.409.